The first kappa shape index (κ1) is 15.8. The van der Waals surface area contributed by atoms with Gasteiger partial charge in [-0.2, -0.15) is 10.2 Å². The van der Waals surface area contributed by atoms with E-state index in [-0.39, 0.29) is 17.3 Å². The second kappa shape index (κ2) is 5.97. The first-order chi connectivity index (χ1) is 12.6. The fourth-order valence-corrected chi connectivity index (χ4v) is 3.31. The summed E-state index contributed by atoms with van der Waals surface area (Å²) in [7, 11) is 1.60. The molecule has 0 radical (unpaired) electrons. The predicted molar refractivity (Wildman–Crippen MR) is 98.2 cm³/mol. The summed E-state index contributed by atoms with van der Waals surface area (Å²) < 4.78 is 11.3. The summed E-state index contributed by atoms with van der Waals surface area (Å²) in [6.45, 7) is 0. The van der Waals surface area contributed by atoms with Gasteiger partial charge in [0, 0.05) is 17.5 Å². The van der Waals surface area contributed by atoms with Crippen LogP contribution in [0.1, 0.15) is 28.2 Å². The zero-order valence-corrected chi connectivity index (χ0v) is 14.1. The highest BCUT2D eigenvalue weighted by Crippen LogP contribution is 2.50. The molecule has 2 heterocycles. The average Bonchev–Trinajstić information content (AvgIpc) is 2.66. The van der Waals surface area contributed by atoms with E-state index < -0.39 is 0 Å². The van der Waals surface area contributed by atoms with Crippen LogP contribution >= 0.6 is 0 Å². The van der Waals surface area contributed by atoms with Crippen LogP contribution in [0, 0.1) is 11.3 Å². The maximum Gasteiger partial charge on any atom is 0.227 e. The number of methoxy groups -OCH3 is 1. The van der Waals surface area contributed by atoms with Gasteiger partial charge in [0.25, 0.3) is 0 Å². The molecule has 0 saturated carbocycles. The molecule has 0 saturated heterocycles. The predicted octanol–water partition coefficient (Wildman–Crippen LogP) is 3.41. The van der Waals surface area contributed by atoms with Gasteiger partial charge in [-0.15, -0.1) is 0 Å². The number of ether oxygens (including phenoxy) is 2. The summed E-state index contributed by atoms with van der Waals surface area (Å²) >= 11 is 0. The molecule has 0 spiro atoms. The molecule has 1 atom stereocenters. The summed E-state index contributed by atoms with van der Waals surface area (Å²) in [6.07, 6.45) is 0. The molecule has 0 bridgehead atoms. The van der Waals surface area contributed by atoms with Gasteiger partial charge in [-0.1, -0.05) is 36.4 Å². The molecule has 0 amide bonds. The molecule has 0 aliphatic carbocycles. The lowest BCUT2D eigenvalue weighted by atomic mass is 9.82. The lowest BCUT2D eigenvalue weighted by molar-refractivity contribution is 0.401. The molecule has 1 aliphatic heterocycles. The van der Waals surface area contributed by atoms with E-state index in [2.05, 4.69) is 4.98 Å². The normalized spacial score (nSPS) is 14.5. The monoisotopic (exact) mass is 344 g/mol. The highest BCUT2D eigenvalue weighted by molar-refractivity contribution is 5.75. The van der Waals surface area contributed by atoms with E-state index in [1.54, 1.807) is 13.2 Å². The fraction of sp³-hybridized carbons (Fsp3) is 0.100. The first-order valence-corrected chi connectivity index (χ1v) is 8.03. The third kappa shape index (κ3) is 2.30. The molecular weight excluding hydrogens is 328 g/mol. The van der Waals surface area contributed by atoms with Crippen molar-refractivity contribution in [3.8, 4) is 23.4 Å². The van der Waals surface area contributed by atoms with Gasteiger partial charge in [0.1, 0.15) is 28.9 Å². The second-order valence-corrected chi connectivity index (χ2v) is 5.97. The largest absolute Gasteiger partial charge is 0.497 e. The topological polar surface area (TPSA) is 107 Å². The minimum Gasteiger partial charge on any atom is -0.497 e. The van der Waals surface area contributed by atoms with E-state index >= 15 is 0 Å². The average molecular weight is 344 g/mol. The Morgan fingerprint density at radius 1 is 1.15 bits per heavy atom. The van der Waals surface area contributed by atoms with Crippen molar-refractivity contribution >= 4 is 11.5 Å². The molecule has 6 heteroatoms. The van der Waals surface area contributed by atoms with Gasteiger partial charge in [0.2, 0.25) is 5.88 Å². The number of nitrogen functional groups attached to an aromatic ring is 2. The van der Waals surface area contributed by atoms with Gasteiger partial charge in [-0.05, 0) is 11.6 Å². The zero-order chi connectivity index (χ0) is 18.3. The quantitative estimate of drug-likeness (QED) is 0.577. The minimum absolute atomic E-state index is 0.0573. The van der Waals surface area contributed by atoms with E-state index in [0.717, 1.165) is 11.1 Å². The van der Waals surface area contributed by atoms with Crippen molar-refractivity contribution in [3.63, 3.8) is 0 Å². The minimum atomic E-state index is -0.221. The van der Waals surface area contributed by atoms with Crippen molar-refractivity contribution in [2.45, 2.75) is 5.92 Å². The number of nitriles is 1. The molecule has 4 rings (SSSR count). The van der Waals surface area contributed by atoms with Crippen molar-refractivity contribution in [3.05, 3.63) is 70.8 Å². The highest BCUT2D eigenvalue weighted by atomic mass is 16.5. The molecule has 26 heavy (non-hydrogen) atoms. The molecule has 6 nitrogen and oxygen atoms in total. The molecule has 128 valence electrons. The van der Waals surface area contributed by atoms with Crippen LogP contribution in [0.15, 0.2) is 48.5 Å². The number of pyridine rings is 1. The molecule has 2 aromatic carbocycles. The Bertz CT molecular complexity index is 1040. The molecule has 3 aromatic rings. The number of nitrogens with two attached hydrogens (primary N) is 2. The van der Waals surface area contributed by atoms with Crippen LogP contribution in [0.2, 0.25) is 0 Å². The maximum atomic E-state index is 9.41. The lowest BCUT2D eigenvalue weighted by Gasteiger charge is -2.29. The van der Waals surface area contributed by atoms with Crippen LogP contribution < -0.4 is 20.9 Å². The Morgan fingerprint density at radius 3 is 2.62 bits per heavy atom. The third-order valence-electron chi connectivity index (χ3n) is 4.54. The molecule has 4 N–H and O–H groups in total. The lowest BCUT2D eigenvalue weighted by Crippen LogP contribution is -2.17. The first-order valence-electron chi connectivity index (χ1n) is 8.03. The van der Waals surface area contributed by atoms with Crippen LogP contribution in [0.25, 0.3) is 0 Å². The van der Waals surface area contributed by atoms with Crippen LogP contribution in [0.3, 0.4) is 0 Å². The highest BCUT2D eigenvalue weighted by Gasteiger charge is 2.34. The van der Waals surface area contributed by atoms with Gasteiger partial charge in [0.05, 0.1) is 18.4 Å². The molecular formula is C20H16N4O2. The zero-order valence-electron chi connectivity index (χ0n) is 14.1. The fourth-order valence-electron chi connectivity index (χ4n) is 3.31. The van der Waals surface area contributed by atoms with Gasteiger partial charge in [0.15, 0.2) is 0 Å². The van der Waals surface area contributed by atoms with Crippen molar-refractivity contribution in [1.29, 1.82) is 5.26 Å². The number of aromatic nitrogens is 1. The Hall–Kier alpha value is -3.72. The van der Waals surface area contributed by atoms with E-state index in [4.69, 9.17) is 20.9 Å². The number of fused-ring (bicyclic) bond motifs is 2. The number of anilines is 2. The van der Waals surface area contributed by atoms with Gasteiger partial charge in [-0.3, -0.25) is 0 Å². The molecule has 1 aromatic heterocycles. The number of nitrogens with zero attached hydrogens (tertiary/aromatic N) is 2. The Balaban J connectivity index is 2.03. The van der Waals surface area contributed by atoms with Gasteiger partial charge < -0.3 is 20.9 Å². The molecule has 1 aliphatic rings. The van der Waals surface area contributed by atoms with Crippen molar-refractivity contribution in [2.24, 2.45) is 0 Å². The summed E-state index contributed by atoms with van der Waals surface area (Å²) in [6, 6.07) is 17.5. The van der Waals surface area contributed by atoms with Crippen LogP contribution in [0.5, 0.6) is 17.4 Å². The van der Waals surface area contributed by atoms with E-state index in [1.165, 1.54) is 0 Å². The smallest absolute Gasteiger partial charge is 0.227 e. The Morgan fingerprint density at radius 2 is 1.92 bits per heavy atom. The van der Waals surface area contributed by atoms with Gasteiger partial charge >= 0.3 is 0 Å². The van der Waals surface area contributed by atoms with Crippen molar-refractivity contribution < 1.29 is 9.47 Å². The summed E-state index contributed by atoms with van der Waals surface area (Å²) in [4.78, 5) is 4.29. The van der Waals surface area contributed by atoms with E-state index in [9.17, 15) is 5.26 Å². The summed E-state index contributed by atoms with van der Waals surface area (Å²) in [5.74, 6) is 1.45. The van der Waals surface area contributed by atoms with Gasteiger partial charge in [-0.25, -0.2) is 0 Å². The second-order valence-electron chi connectivity index (χ2n) is 5.97. The molecule has 1 unspecified atom stereocenters. The van der Waals surface area contributed by atoms with E-state index in [0.29, 0.717) is 28.6 Å². The Kier molecular flexibility index (Phi) is 3.63. The Labute approximate surface area is 150 Å². The summed E-state index contributed by atoms with van der Waals surface area (Å²) in [5, 5.41) is 9.41. The summed E-state index contributed by atoms with van der Waals surface area (Å²) in [5.41, 5.74) is 15.3. The number of rotatable bonds is 2. The third-order valence-corrected chi connectivity index (χ3v) is 4.54. The van der Waals surface area contributed by atoms with Crippen LogP contribution in [-0.4, -0.2) is 12.1 Å². The number of benzene rings is 2. The number of hydrogen-bond acceptors (Lipinski definition) is 6. The number of hydrogen-bond donors (Lipinski definition) is 2. The van der Waals surface area contributed by atoms with E-state index in [1.807, 2.05) is 48.5 Å². The maximum absolute atomic E-state index is 9.41. The van der Waals surface area contributed by atoms with Crippen molar-refractivity contribution in [2.75, 3.05) is 18.6 Å². The van der Waals surface area contributed by atoms with Crippen molar-refractivity contribution in [1.82, 2.24) is 4.98 Å². The van der Waals surface area contributed by atoms with Crippen LogP contribution in [-0.2, 0) is 0 Å². The standard InChI is InChI=1S/C20H16N4O2/c1-25-12-7-8-13-15(9-12)26-20-17(16(13)11-5-3-2-4-6-11)18(22)14(10-21)19(23)24-20/h2-9,16H,1H3,(H4,22,23,24). The molecule has 0 fully saturated rings. The SMILES string of the molecule is COc1ccc2c(c1)Oc1nc(N)c(C#N)c(N)c1C2c1ccccc1. The van der Waals surface area contributed by atoms with Crippen LogP contribution in [0.4, 0.5) is 11.5 Å².